The van der Waals surface area contributed by atoms with Crippen LogP contribution in [0.25, 0.3) is 11.1 Å². The molecule has 32 heavy (non-hydrogen) atoms. The maximum Gasteiger partial charge on any atom is 0.341 e. The van der Waals surface area contributed by atoms with Crippen LogP contribution in [0.15, 0.2) is 0 Å². The number of carbonyl (C=O) groups excluding carboxylic acids is 2. The molecule has 0 aliphatic rings. The maximum absolute atomic E-state index is 12.6. The number of esters is 2. The fourth-order valence-corrected chi connectivity index (χ4v) is 4.76. The minimum Gasteiger partial charge on any atom is -0.506 e. The molecule has 8 heteroatoms. The zero-order valence-electron chi connectivity index (χ0n) is 19.1. The van der Waals surface area contributed by atoms with Gasteiger partial charge in [0.25, 0.3) is 0 Å². The van der Waals surface area contributed by atoms with Crippen molar-refractivity contribution < 1.29 is 29.3 Å². The van der Waals surface area contributed by atoms with E-state index in [4.69, 9.17) is 32.7 Å². The first kappa shape index (κ1) is 25.8. The number of alkyl halides is 2. The van der Waals surface area contributed by atoms with Gasteiger partial charge in [-0.25, -0.2) is 9.59 Å². The Hall–Kier alpha value is -2.44. The summed E-state index contributed by atoms with van der Waals surface area (Å²) < 4.78 is 9.79. The third-order valence-electron chi connectivity index (χ3n) is 5.98. The summed E-state index contributed by atoms with van der Waals surface area (Å²) in [5.41, 5.74) is 4.37. The van der Waals surface area contributed by atoms with Gasteiger partial charge in [0.05, 0.1) is 14.2 Å². The number of ether oxygens (including phenoxy) is 2. The van der Waals surface area contributed by atoms with E-state index in [1.165, 1.54) is 14.2 Å². The second-order valence-corrected chi connectivity index (χ2v) is 8.27. The predicted octanol–water partition coefficient (Wildman–Crippen LogP) is 5.13. The number of aromatic hydroxyl groups is 2. The molecule has 0 saturated carbocycles. The van der Waals surface area contributed by atoms with Crippen LogP contribution in [0.5, 0.6) is 11.5 Å². The molecular formula is C24H28Cl2O6. The van der Waals surface area contributed by atoms with Crippen molar-refractivity contribution in [1.29, 1.82) is 0 Å². The van der Waals surface area contributed by atoms with Gasteiger partial charge in [0.2, 0.25) is 0 Å². The van der Waals surface area contributed by atoms with Gasteiger partial charge in [-0.05, 0) is 73.9 Å². The second-order valence-electron chi connectivity index (χ2n) is 7.52. The Balaban J connectivity index is 3.15. The Kier molecular flexibility index (Phi) is 8.43. The van der Waals surface area contributed by atoms with E-state index < -0.39 is 11.9 Å². The minimum absolute atomic E-state index is 0.00824. The highest BCUT2D eigenvalue weighted by Crippen LogP contribution is 2.48. The van der Waals surface area contributed by atoms with E-state index in [-0.39, 0.29) is 45.5 Å². The highest BCUT2D eigenvalue weighted by molar-refractivity contribution is 6.18. The molecule has 0 radical (unpaired) electrons. The summed E-state index contributed by atoms with van der Waals surface area (Å²) in [6, 6.07) is 0. The van der Waals surface area contributed by atoms with Crippen LogP contribution in [-0.4, -0.2) is 48.1 Å². The molecule has 6 nitrogen and oxygen atoms in total. The lowest BCUT2D eigenvalue weighted by molar-refractivity contribution is 0.0586. The fourth-order valence-electron chi connectivity index (χ4n) is 4.38. The Morgan fingerprint density at radius 1 is 0.688 bits per heavy atom. The predicted molar refractivity (Wildman–Crippen MR) is 126 cm³/mol. The summed E-state index contributed by atoms with van der Waals surface area (Å²) in [7, 11) is 2.45. The van der Waals surface area contributed by atoms with Gasteiger partial charge in [-0.15, -0.1) is 23.2 Å². The number of hydrogen-bond donors (Lipinski definition) is 2. The van der Waals surface area contributed by atoms with E-state index in [1.54, 1.807) is 27.7 Å². The number of benzene rings is 2. The zero-order valence-corrected chi connectivity index (χ0v) is 20.6. The van der Waals surface area contributed by atoms with Gasteiger partial charge in [0.15, 0.2) is 0 Å². The van der Waals surface area contributed by atoms with Crippen molar-refractivity contribution in [2.45, 2.75) is 40.5 Å². The van der Waals surface area contributed by atoms with Gasteiger partial charge in [-0.3, -0.25) is 0 Å². The first-order valence-electron chi connectivity index (χ1n) is 10.1. The molecule has 2 N–H and O–H groups in total. The first-order chi connectivity index (χ1) is 15.1. The summed E-state index contributed by atoms with van der Waals surface area (Å²) in [5.74, 6) is -1.52. The summed E-state index contributed by atoms with van der Waals surface area (Å²) in [6.07, 6.45) is 0.862. The Bertz CT molecular complexity index is 990. The minimum atomic E-state index is -0.712. The topological polar surface area (TPSA) is 93.1 Å². The molecule has 0 atom stereocenters. The van der Waals surface area contributed by atoms with Crippen molar-refractivity contribution in [3.05, 3.63) is 44.5 Å². The number of methoxy groups -OCH3 is 2. The second kappa shape index (κ2) is 10.5. The Morgan fingerprint density at radius 3 is 1.25 bits per heavy atom. The van der Waals surface area contributed by atoms with Gasteiger partial charge < -0.3 is 19.7 Å². The highest BCUT2D eigenvalue weighted by atomic mass is 35.5. The average Bonchev–Trinajstić information content (AvgIpc) is 2.76. The molecule has 2 aromatic carbocycles. The Labute approximate surface area is 198 Å². The van der Waals surface area contributed by atoms with Crippen LogP contribution >= 0.6 is 23.2 Å². The number of halogens is 2. The summed E-state index contributed by atoms with van der Waals surface area (Å²) in [6.45, 7) is 6.99. The van der Waals surface area contributed by atoms with Crippen LogP contribution in [-0.2, 0) is 22.3 Å². The quantitative estimate of drug-likeness (QED) is 0.419. The average molecular weight is 483 g/mol. The van der Waals surface area contributed by atoms with E-state index >= 15 is 0 Å². The summed E-state index contributed by atoms with van der Waals surface area (Å²) in [5, 5.41) is 22.5. The molecule has 0 saturated heterocycles. The van der Waals surface area contributed by atoms with E-state index in [0.717, 1.165) is 11.1 Å². The number of phenols is 2. The number of hydrogen-bond acceptors (Lipinski definition) is 6. The van der Waals surface area contributed by atoms with Crippen molar-refractivity contribution in [2.24, 2.45) is 0 Å². The molecule has 0 aromatic heterocycles. The smallest absolute Gasteiger partial charge is 0.341 e. The zero-order chi connectivity index (χ0) is 24.3. The van der Waals surface area contributed by atoms with Crippen LogP contribution in [0.1, 0.15) is 54.1 Å². The van der Waals surface area contributed by atoms with Gasteiger partial charge in [0.1, 0.15) is 22.6 Å². The molecule has 174 valence electrons. The number of rotatable bonds is 7. The van der Waals surface area contributed by atoms with Crippen LogP contribution < -0.4 is 0 Å². The molecule has 0 unspecified atom stereocenters. The van der Waals surface area contributed by atoms with Gasteiger partial charge in [-0.1, -0.05) is 0 Å². The molecular weight excluding hydrogens is 455 g/mol. The van der Waals surface area contributed by atoms with Crippen molar-refractivity contribution in [2.75, 3.05) is 26.0 Å². The van der Waals surface area contributed by atoms with Gasteiger partial charge in [0, 0.05) is 22.9 Å². The number of carbonyl (C=O) groups is 2. The molecule has 2 aromatic rings. The first-order valence-corrected chi connectivity index (χ1v) is 11.1. The lowest BCUT2D eigenvalue weighted by Gasteiger charge is -2.24. The van der Waals surface area contributed by atoms with Crippen LogP contribution in [0, 0.1) is 27.7 Å². The Morgan fingerprint density at radius 2 is 1.00 bits per heavy atom. The van der Waals surface area contributed by atoms with Crippen LogP contribution in [0.4, 0.5) is 0 Å². The van der Waals surface area contributed by atoms with Crippen LogP contribution in [0.2, 0.25) is 0 Å². The highest BCUT2D eigenvalue weighted by Gasteiger charge is 2.31. The lowest BCUT2D eigenvalue weighted by atomic mass is 9.82. The number of phenolic OH excluding ortho intramolecular Hbond substituents is 2. The molecule has 0 aliphatic heterocycles. The summed E-state index contributed by atoms with van der Waals surface area (Å²) in [4.78, 5) is 25.1. The molecule has 2 rings (SSSR count). The third kappa shape index (κ3) is 4.26. The normalized spacial score (nSPS) is 10.9. The van der Waals surface area contributed by atoms with E-state index in [9.17, 15) is 19.8 Å². The summed E-state index contributed by atoms with van der Waals surface area (Å²) >= 11 is 12.0. The molecule has 0 aliphatic carbocycles. The van der Waals surface area contributed by atoms with Crippen molar-refractivity contribution in [3.8, 4) is 22.6 Å². The van der Waals surface area contributed by atoms with Crippen molar-refractivity contribution in [1.82, 2.24) is 0 Å². The maximum atomic E-state index is 12.6. The van der Waals surface area contributed by atoms with E-state index in [1.807, 2.05) is 0 Å². The van der Waals surface area contributed by atoms with Gasteiger partial charge >= 0.3 is 11.9 Å². The monoisotopic (exact) mass is 482 g/mol. The lowest BCUT2D eigenvalue weighted by Crippen LogP contribution is -2.13. The fraction of sp³-hybridized carbons (Fsp3) is 0.417. The largest absolute Gasteiger partial charge is 0.506 e. The van der Waals surface area contributed by atoms with Crippen LogP contribution in [0.3, 0.4) is 0 Å². The molecule has 0 bridgehead atoms. The van der Waals surface area contributed by atoms with E-state index in [2.05, 4.69) is 0 Å². The van der Waals surface area contributed by atoms with Gasteiger partial charge in [-0.2, -0.15) is 0 Å². The van der Waals surface area contributed by atoms with Crippen molar-refractivity contribution >= 4 is 35.1 Å². The van der Waals surface area contributed by atoms with E-state index in [0.29, 0.717) is 35.1 Å². The molecule has 0 spiro atoms. The third-order valence-corrected chi connectivity index (χ3v) is 6.35. The molecule has 0 heterocycles. The van der Waals surface area contributed by atoms with Crippen molar-refractivity contribution in [3.63, 3.8) is 0 Å². The standard InChI is InChI=1S/C24H28Cl2O6/c1-11-15(7-9-25)13(3)19(23(29)31-5)21(27)17(11)18-12(2)16(8-10-26)14(4)20(22(18)28)24(30)32-6/h27-28H,7-10H2,1-6H3. The molecule has 0 fully saturated rings. The SMILES string of the molecule is COC(=O)c1c(C)c(CCCl)c(C)c(-c2c(C)c(CCCl)c(C)c(C(=O)OC)c2O)c1O. The molecule has 0 amide bonds.